The van der Waals surface area contributed by atoms with Crippen LogP contribution < -0.4 is 10.2 Å². The number of rotatable bonds is 6. The third-order valence-electron chi connectivity index (χ3n) is 3.59. The van der Waals surface area contributed by atoms with E-state index in [1.807, 2.05) is 54.6 Å². The summed E-state index contributed by atoms with van der Waals surface area (Å²) in [5, 5.41) is 4.69. The minimum atomic E-state index is -0.253. The molecule has 1 N–H and O–H groups in total. The third kappa shape index (κ3) is 5.19. The Morgan fingerprint density at radius 1 is 1.00 bits per heavy atom. The van der Waals surface area contributed by atoms with Gasteiger partial charge in [0.15, 0.2) is 0 Å². The van der Waals surface area contributed by atoms with Crippen LogP contribution in [0.1, 0.15) is 21.5 Å². The minimum absolute atomic E-state index is 0.253. The summed E-state index contributed by atoms with van der Waals surface area (Å²) in [6.45, 7) is 0.447. The first-order valence-electron chi connectivity index (χ1n) is 8.06. The normalized spacial score (nSPS) is 10.7. The standard InChI is InChI=1S/C21H17ClN2O2/c22-19-11-9-16(10-12-19)15-26-20-8-4-5-17(13-20)14-23-24-21(25)18-6-2-1-3-7-18/h1-14H,15H2,(H,24,25). The summed E-state index contributed by atoms with van der Waals surface area (Å²) in [6, 6.07) is 23.9. The Morgan fingerprint density at radius 2 is 1.77 bits per heavy atom. The molecule has 3 aromatic carbocycles. The lowest BCUT2D eigenvalue weighted by atomic mass is 10.2. The van der Waals surface area contributed by atoms with E-state index in [9.17, 15) is 4.79 Å². The number of hydrogen-bond acceptors (Lipinski definition) is 3. The average Bonchev–Trinajstić information content (AvgIpc) is 2.68. The SMILES string of the molecule is O=C(NN=Cc1cccc(OCc2ccc(Cl)cc2)c1)c1ccccc1. The van der Waals surface area contributed by atoms with Gasteiger partial charge in [0.05, 0.1) is 6.21 Å². The molecule has 0 atom stereocenters. The lowest BCUT2D eigenvalue weighted by Gasteiger charge is -2.07. The molecule has 0 aliphatic rings. The molecule has 0 saturated heterocycles. The molecule has 0 aromatic heterocycles. The van der Waals surface area contributed by atoms with E-state index in [-0.39, 0.29) is 5.91 Å². The van der Waals surface area contributed by atoms with Crippen molar-refractivity contribution in [2.45, 2.75) is 6.61 Å². The minimum Gasteiger partial charge on any atom is -0.489 e. The number of ether oxygens (including phenoxy) is 1. The van der Waals surface area contributed by atoms with E-state index in [0.717, 1.165) is 16.9 Å². The zero-order valence-corrected chi connectivity index (χ0v) is 14.7. The van der Waals surface area contributed by atoms with Crippen LogP contribution in [0.25, 0.3) is 0 Å². The lowest BCUT2D eigenvalue weighted by Crippen LogP contribution is -2.17. The second-order valence-corrected chi connectivity index (χ2v) is 5.99. The highest BCUT2D eigenvalue weighted by Gasteiger charge is 2.02. The van der Waals surface area contributed by atoms with Crippen LogP contribution in [0.4, 0.5) is 0 Å². The number of carbonyl (C=O) groups excluding carboxylic acids is 1. The maximum absolute atomic E-state index is 11.9. The Bertz CT molecular complexity index is 893. The monoisotopic (exact) mass is 364 g/mol. The molecule has 5 heteroatoms. The zero-order valence-electron chi connectivity index (χ0n) is 13.9. The maximum atomic E-state index is 11.9. The van der Waals surface area contributed by atoms with Crippen molar-refractivity contribution >= 4 is 23.7 Å². The molecule has 0 heterocycles. The van der Waals surface area contributed by atoms with Crippen molar-refractivity contribution in [3.8, 4) is 5.75 Å². The van der Waals surface area contributed by atoms with Gasteiger partial charge >= 0.3 is 0 Å². The van der Waals surface area contributed by atoms with Crippen LogP contribution in [0, 0.1) is 0 Å². The molecule has 0 unspecified atom stereocenters. The fourth-order valence-corrected chi connectivity index (χ4v) is 2.38. The number of amides is 1. The highest BCUT2D eigenvalue weighted by Crippen LogP contribution is 2.15. The molecule has 0 bridgehead atoms. The topological polar surface area (TPSA) is 50.7 Å². The van der Waals surface area contributed by atoms with E-state index in [1.165, 1.54) is 0 Å². The molecule has 0 spiro atoms. The summed E-state index contributed by atoms with van der Waals surface area (Å²) in [5.74, 6) is 0.468. The van der Waals surface area contributed by atoms with Crippen LogP contribution in [0.5, 0.6) is 5.75 Å². The summed E-state index contributed by atoms with van der Waals surface area (Å²) in [7, 11) is 0. The van der Waals surface area contributed by atoms with Gasteiger partial charge in [-0.2, -0.15) is 5.10 Å². The Labute approximate surface area is 157 Å². The summed E-state index contributed by atoms with van der Waals surface area (Å²) in [4.78, 5) is 11.9. The van der Waals surface area contributed by atoms with Crippen LogP contribution in [-0.4, -0.2) is 12.1 Å². The number of halogens is 1. The van der Waals surface area contributed by atoms with Crippen molar-refractivity contribution in [3.05, 3.63) is 101 Å². The first-order chi connectivity index (χ1) is 12.7. The van der Waals surface area contributed by atoms with Gasteiger partial charge in [-0.3, -0.25) is 4.79 Å². The van der Waals surface area contributed by atoms with Crippen LogP contribution in [0.2, 0.25) is 5.02 Å². The summed E-state index contributed by atoms with van der Waals surface area (Å²) < 4.78 is 5.78. The molecule has 0 radical (unpaired) electrons. The fraction of sp³-hybridized carbons (Fsp3) is 0.0476. The smallest absolute Gasteiger partial charge is 0.271 e. The van der Waals surface area contributed by atoms with Crippen molar-refractivity contribution < 1.29 is 9.53 Å². The molecule has 0 saturated carbocycles. The molecule has 130 valence electrons. The number of nitrogens with one attached hydrogen (secondary N) is 1. The lowest BCUT2D eigenvalue weighted by molar-refractivity contribution is 0.0955. The second-order valence-electron chi connectivity index (χ2n) is 5.55. The van der Waals surface area contributed by atoms with Gasteiger partial charge in [-0.05, 0) is 47.5 Å². The Hall–Kier alpha value is -3.11. The van der Waals surface area contributed by atoms with Crippen molar-refractivity contribution in [3.63, 3.8) is 0 Å². The number of carbonyl (C=O) groups is 1. The van der Waals surface area contributed by atoms with E-state index in [4.69, 9.17) is 16.3 Å². The number of benzene rings is 3. The molecule has 26 heavy (non-hydrogen) atoms. The zero-order chi connectivity index (χ0) is 18.2. The van der Waals surface area contributed by atoms with Gasteiger partial charge in [-0.15, -0.1) is 0 Å². The van der Waals surface area contributed by atoms with Gasteiger partial charge in [-0.1, -0.05) is 54.1 Å². The van der Waals surface area contributed by atoms with Crippen LogP contribution in [0.15, 0.2) is 84.0 Å². The fourth-order valence-electron chi connectivity index (χ4n) is 2.25. The number of nitrogens with zero attached hydrogens (tertiary/aromatic N) is 1. The molecule has 3 aromatic rings. The van der Waals surface area contributed by atoms with E-state index in [0.29, 0.717) is 17.2 Å². The van der Waals surface area contributed by atoms with Crippen LogP contribution in [-0.2, 0) is 6.61 Å². The van der Waals surface area contributed by atoms with Gasteiger partial charge < -0.3 is 4.74 Å². The largest absolute Gasteiger partial charge is 0.489 e. The van der Waals surface area contributed by atoms with Gasteiger partial charge in [0, 0.05) is 10.6 Å². The number of hydrazone groups is 1. The average molecular weight is 365 g/mol. The van der Waals surface area contributed by atoms with E-state index < -0.39 is 0 Å². The third-order valence-corrected chi connectivity index (χ3v) is 3.84. The number of hydrogen-bond donors (Lipinski definition) is 1. The van der Waals surface area contributed by atoms with Crippen LogP contribution in [0.3, 0.4) is 0 Å². The van der Waals surface area contributed by atoms with Crippen molar-refractivity contribution in [2.75, 3.05) is 0 Å². The van der Waals surface area contributed by atoms with Gasteiger partial charge in [-0.25, -0.2) is 5.43 Å². The molecule has 3 rings (SSSR count). The summed E-state index contributed by atoms with van der Waals surface area (Å²) in [5.41, 5.74) is 4.92. The molecular formula is C21H17ClN2O2. The van der Waals surface area contributed by atoms with Gasteiger partial charge in [0.25, 0.3) is 5.91 Å². The van der Waals surface area contributed by atoms with Crippen LogP contribution >= 0.6 is 11.6 Å². The quantitative estimate of drug-likeness (QED) is 0.510. The second kappa shape index (κ2) is 8.83. The molecular weight excluding hydrogens is 348 g/mol. The molecule has 0 aliphatic carbocycles. The summed E-state index contributed by atoms with van der Waals surface area (Å²) >= 11 is 5.87. The predicted molar refractivity (Wildman–Crippen MR) is 104 cm³/mol. The molecule has 0 aliphatic heterocycles. The van der Waals surface area contributed by atoms with Crippen molar-refractivity contribution in [1.29, 1.82) is 0 Å². The predicted octanol–water partition coefficient (Wildman–Crippen LogP) is 4.68. The van der Waals surface area contributed by atoms with E-state index in [2.05, 4.69) is 10.5 Å². The van der Waals surface area contributed by atoms with Gasteiger partial charge in [0.2, 0.25) is 0 Å². The summed E-state index contributed by atoms with van der Waals surface area (Å²) in [6.07, 6.45) is 1.58. The van der Waals surface area contributed by atoms with E-state index >= 15 is 0 Å². The first-order valence-corrected chi connectivity index (χ1v) is 8.44. The first kappa shape index (κ1) is 17.7. The van der Waals surface area contributed by atoms with E-state index in [1.54, 1.807) is 30.5 Å². The van der Waals surface area contributed by atoms with Crippen molar-refractivity contribution in [2.24, 2.45) is 5.10 Å². The Balaban J connectivity index is 1.56. The molecule has 1 amide bonds. The Kier molecular flexibility index (Phi) is 6.01. The molecule has 0 fully saturated rings. The Morgan fingerprint density at radius 3 is 2.54 bits per heavy atom. The highest BCUT2D eigenvalue weighted by atomic mass is 35.5. The van der Waals surface area contributed by atoms with Gasteiger partial charge in [0.1, 0.15) is 12.4 Å². The highest BCUT2D eigenvalue weighted by molar-refractivity contribution is 6.30. The molecule has 4 nitrogen and oxygen atoms in total. The van der Waals surface area contributed by atoms with Crippen molar-refractivity contribution in [1.82, 2.24) is 5.43 Å². The maximum Gasteiger partial charge on any atom is 0.271 e.